The lowest BCUT2D eigenvalue weighted by Crippen LogP contribution is -2.02. The van der Waals surface area contributed by atoms with E-state index in [1.165, 1.54) is 6.07 Å². The molecule has 0 unspecified atom stereocenters. The molecule has 14 heavy (non-hydrogen) atoms. The van der Waals surface area contributed by atoms with Gasteiger partial charge in [-0.1, -0.05) is 0 Å². The van der Waals surface area contributed by atoms with Gasteiger partial charge in [-0.25, -0.2) is 12.8 Å². The third-order valence-corrected chi connectivity index (χ3v) is 3.43. The van der Waals surface area contributed by atoms with Crippen molar-refractivity contribution < 1.29 is 12.8 Å². The van der Waals surface area contributed by atoms with Crippen molar-refractivity contribution in [1.29, 1.82) is 0 Å². The van der Waals surface area contributed by atoms with E-state index in [1.54, 1.807) is 0 Å². The lowest BCUT2D eigenvalue weighted by molar-refractivity contribution is 0.595. The largest absolute Gasteiger partial charge is 0.384 e. The molecular weight excluding hydrogens is 205 g/mol. The van der Waals surface area contributed by atoms with Gasteiger partial charge in [0.1, 0.15) is 5.82 Å². The zero-order chi connectivity index (χ0) is 10.3. The van der Waals surface area contributed by atoms with Gasteiger partial charge in [0.25, 0.3) is 0 Å². The number of benzene rings is 1. The van der Waals surface area contributed by atoms with Crippen LogP contribution in [0.25, 0.3) is 0 Å². The molecular formula is C9H10FNO2S. The van der Waals surface area contributed by atoms with Gasteiger partial charge in [0.05, 0.1) is 4.90 Å². The van der Waals surface area contributed by atoms with E-state index in [2.05, 4.69) is 5.32 Å². The van der Waals surface area contributed by atoms with Gasteiger partial charge in [-0.3, -0.25) is 0 Å². The minimum absolute atomic E-state index is 0.109. The standard InChI is InChI=1S/C9H10FNO2S/c1-14(12,13)9-5-6(10)4-8-7(9)2-3-11-8/h4-5,11H,2-3H2,1H3. The SMILES string of the molecule is CS(=O)(=O)c1cc(F)cc2c1CCN2. The summed E-state index contributed by atoms with van der Waals surface area (Å²) in [6.07, 6.45) is 1.73. The van der Waals surface area contributed by atoms with Crippen molar-refractivity contribution in [1.82, 2.24) is 0 Å². The van der Waals surface area contributed by atoms with Gasteiger partial charge in [0.2, 0.25) is 0 Å². The summed E-state index contributed by atoms with van der Waals surface area (Å²) in [7, 11) is -3.33. The van der Waals surface area contributed by atoms with Crippen LogP contribution in [0.1, 0.15) is 5.56 Å². The summed E-state index contributed by atoms with van der Waals surface area (Å²) >= 11 is 0. The second kappa shape index (κ2) is 2.95. The number of nitrogens with one attached hydrogen (secondary N) is 1. The van der Waals surface area contributed by atoms with Crippen LogP contribution in [0.2, 0.25) is 0 Å². The van der Waals surface area contributed by atoms with Crippen LogP contribution < -0.4 is 5.32 Å². The first-order valence-corrected chi connectivity index (χ1v) is 6.14. The average Bonchev–Trinajstić information content (AvgIpc) is 2.47. The summed E-state index contributed by atoms with van der Waals surface area (Å²) < 4.78 is 35.7. The molecule has 0 saturated carbocycles. The topological polar surface area (TPSA) is 46.2 Å². The molecule has 1 aromatic carbocycles. The van der Waals surface area contributed by atoms with E-state index >= 15 is 0 Å². The maximum atomic E-state index is 13.0. The Morgan fingerprint density at radius 2 is 2.14 bits per heavy atom. The Hall–Kier alpha value is -1.10. The van der Waals surface area contributed by atoms with Crippen LogP contribution in [0.5, 0.6) is 0 Å². The predicted octanol–water partition coefficient (Wildman–Crippen LogP) is 1.20. The zero-order valence-corrected chi connectivity index (χ0v) is 8.49. The Balaban J connectivity index is 2.72. The Kier molecular flexibility index (Phi) is 1.99. The number of anilines is 1. The Morgan fingerprint density at radius 1 is 1.43 bits per heavy atom. The summed E-state index contributed by atoms with van der Waals surface area (Å²) in [5, 5.41) is 2.95. The Bertz CT molecular complexity index is 482. The summed E-state index contributed by atoms with van der Waals surface area (Å²) in [4.78, 5) is 0.109. The number of hydrogen-bond acceptors (Lipinski definition) is 3. The monoisotopic (exact) mass is 215 g/mol. The van der Waals surface area contributed by atoms with Gasteiger partial charge >= 0.3 is 0 Å². The van der Waals surface area contributed by atoms with Crippen molar-refractivity contribution in [2.24, 2.45) is 0 Å². The molecule has 2 rings (SSSR count). The van der Waals surface area contributed by atoms with Crippen LogP contribution >= 0.6 is 0 Å². The fourth-order valence-corrected chi connectivity index (χ4v) is 2.67. The second-order valence-corrected chi connectivity index (χ2v) is 5.36. The van der Waals surface area contributed by atoms with E-state index < -0.39 is 15.7 Å². The first-order chi connectivity index (χ1) is 6.48. The van der Waals surface area contributed by atoms with Crippen molar-refractivity contribution in [3.63, 3.8) is 0 Å². The first kappa shape index (κ1) is 9.45. The summed E-state index contributed by atoms with van der Waals surface area (Å²) in [5.74, 6) is -0.515. The third kappa shape index (κ3) is 1.48. The fraction of sp³-hybridized carbons (Fsp3) is 0.333. The highest BCUT2D eigenvalue weighted by Gasteiger charge is 2.21. The van der Waals surface area contributed by atoms with Gasteiger partial charge in [0, 0.05) is 18.5 Å². The van der Waals surface area contributed by atoms with Crippen molar-refractivity contribution in [2.45, 2.75) is 11.3 Å². The summed E-state index contributed by atoms with van der Waals surface area (Å²) in [5.41, 5.74) is 1.30. The number of rotatable bonds is 1. The van der Waals surface area contributed by atoms with Crippen LogP contribution in [-0.4, -0.2) is 21.2 Å². The molecule has 1 N–H and O–H groups in total. The minimum Gasteiger partial charge on any atom is -0.384 e. The molecule has 0 fully saturated rings. The molecule has 0 amide bonds. The van der Waals surface area contributed by atoms with Gasteiger partial charge in [-0.05, 0) is 24.1 Å². The minimum atomic E-state index is -3.33. The van der Waals surface area contributed by atoms with Crippen molar-refractivity contribution >= 4 is 15.5 Å². The smallest absolute Gasteiger partial charge is 0.175 e. The Labute approximate surface area is 81.9 Å². The highest BCUT2D eigenvalue weighted by Crippen LogP contribution is 2.29. The molecule has 0 bridgehead atoms. The second-order valence-electron chi connectivity index (χ2n) is 3.38. The van der Waals surface area contributed by atoms with Gasteiger partial charge in [-0.15, -0.1) is 0 Å². The van der Waals surface area contributed by atoms with Crippen LogP contribution in [0.3, 0.4) is 0 Å². The molecule has 5 heteroatoms. The van der Waals surface area contributed by atoms with Gasteiger partial charge < -0.3 is 5.32 Å². The molecule has 0 spiro atoms. The normalized spacial score (nSPS) is 15.0. The number of fused-ring (bicyclic) bond motifs is 1. The predicted molar refractivity (Wildman–Crippen MR) is 51.7 cm³/mol. The first-order valence-electron chi connectivity index (χ1n) is 4.25. The molecule has 1 aliphatic heterocycles. The molecule has 0 aromatic heterocycles. The lowest BCUT2D eigenvalue weighted by atomic mass is 10.1. The number of hydrogen-bond donors (Lipinski definition) is 1. The van der Waals surface area contributed by atoms with E-state index in [9.17, 15) is 12.8 Å². The fourth-order valence-electron chi connectivity index (χ4n) is 1.68. The molecule has 0 atom stereocenters. The molecule has 76 valence electrons. The average molecular weight is 215 g/mol. The molecule has 0 aliphatic carbocycles. The number of halogens is 1. The van der Waals surface area contributed by atoms with E-state index in [1.807, 2.05) is 0 Å². The van der Waals surface area contributed by atoms with E-state index in [4.69, 9.17) is 0 Å². The highest BCUT2D eigenvalue weighted by molar-refractivity contribution is 7.90. The van der Waals surface area contributed by atoms with Gasteiger partial charge in [-0.2, -0.15) is 0 Å². The van der Waals surface area contributed by atoms with Crippen LogP contribution in [0.15, 0.2) is 17.0 Å². The molecule has 0 saturated heterocycles. The van der Waals surface area contributed by atoms with E-state index in [0.29, 0.717) is 24.2 Å². The van der Waals surface area contributed by atoms with Crippen molar-refractivity contribution in [2.75, 3.05) is 18.1 Å². The highest BCUT2D eigenvalue weighted by atomic mass is 32.2. The number of sulfone groups is 1. The van der Waals surface area contributed by atoms with Gasteiger partial charge in [0.15, 0.2) is 9.84 Å². The van der Waals surface area contributed by atoms with Crippen LogP contribution in [0.4, 0.5) is 10.1 Å². The van der Waals surface area contributed by atoms with Crippen LogP contribution in [-0.2, 0) is 16.3 Å². The molecule has 1 aromatic rings. The van der Waals surface area contributed by atoms with Crippen molar-refractivity contribution in [3.8, 4) is 0 Å². The van der Waals surface area contributed by atoms with Crippen LogP contribution in [0, 0.1) is 5.82 Å². The van der Waals surface area contributed by atoms with E-state index in [0.717, 1.165) is 12.3 Å². The Morgan fingerprint density at radius 3 is 2.79 bits per heavy atom. The maximum absolute atomic E-state index is 13.0. The lowest BCUT2D eigenvalue weighted by Gasteiger charge is -2.05. The maximum Gasteiger partial charge on any atom is 0.175 e. The third-order valence-electron chi connectivity index (χ3n) is 2.26. The molecule has 0 radical (unpaired) electrons. The molecule has 3 nitrogen and oxygen atoms in total. The molecule has 1 aliphatic rings. The zero-order valence-electron chi connectivity index (χ0n) is 7.67. The van der Waals surface area contributed by atoms with Crippen molar-refractivity contribution in [3.05, 3.63) is 23.5 Å². The summed E-state index contributed by atoms with van der Waals surface area (Å²) in [6.45, 7) is 0.668. The quantitative estimate of drug-likeness (QED) is 0.765. The summed E-state index contributed by atoms with van der Waals surface area (Å²) in [6, 6.07) is 2.41. The van der Waals surface area contributed by atoms with E-state index in [-0.39, 0.29) is 4.90 Å². The molecule has 1 heterocycles.